The Labute approximate surface area is 67.4 Å². The molecule has 1 aromatic rings. The fraction of sp³-hybridized carbons (Fsp3) is 0.125. The molecule has 64 valence electrons. The number of aliphatic hydroxyl groups is 1. The van der Waals surface area contributed by atoms with Crippen LogP contribution in [0.4, 0.5) is 8.78 Å². The lowest BCUT2D eigenvalue weighted by atomic mass is 10.1. The summed E-state index contributed by atoms with van der Waals surface area (Å²) in [5, 5.41) is 8.23. The van der Waals surface area contributed by atoms with E-state index in [-0.39, 0.29) is 5.56 Å². The van der Waals surface area contributed by atoms with Gasteiger partial charge in [0.05, 0.1) is 0 Å². The quantitative estimate of drug-likeness (QED) is 0.682. The average Bonchev–Trinajstić information content (AvgIpc) is 2.04. The Morgan fingerprint density at radius 3 is 2.25 bits per heavy atom. The molecule has 0 radical (unpaired) electrons. The van der Waals surface area contributed by atoms with E-state index >= 15 is 0 Å². The number of aliphatic hydroxyl groups excluding tert-OH is 1. The van der Waals surface area contributed by atoms with Gasteiger partial charge in [-0.3, -0.25) is 4.79 Å². The summed E-state index contributed by atoms with van der Waals surface area (Å²) >= 11 is 0. The predicted octanol–water partition coefficient (Wildman–Crippen LogP) is 1.30. The highest BCUT2D eigenvalue weighted by Gasteiger charge is 2.14. The van der Waals surface area contributed by atoms with Crippen molar-refractivity contribution in [3.05, 3.63) is 35.6 Å². The van der Waals surface area contributed by atoms with E-state index in [2.05, 4.69) is 0 Å². The third-order valence-corrected chi connectivity index (χ3v) is 1.35. The number of rotatable bonds is 2. The number of hydrogen-bond donors (Lipinski definition) is 1. The smallest absolute Gasteiger partial charge is 0.260 e. The Kier molecular flexibility index (Phi) is 2.50. The summed E-state index contributed by atoms with van der Waals surface area (Å²) in [6, 6.07) is 4.27. The normalized spacial score (nSPS) is 12.6. The third-order valence-electron chi connectivity index (χ3n) is 1.35. The summed E-state index contributed by atoms with van der Waals surface area (Å²) in [6.07, 6.45) is -2.53. The molecule has 0 aliphatic rings. The molecule has 0 aromatic heterocycles. The van der Waals surface area contributed by atoms with Crippen molar-refractivity contribution >= 4 is 5.78 Å². The molecule has 2 nitrogen and oxygen atoms in total. The number of carbonyl (C=O) groups excluding carboxylic acids is 1. The maximum absolute atomic E-state index is 12.3. The number of alkyl halides is 1. The fourth-order valence-electron chi connectivity index (χ4n) is 0.752. The van der Waals surface area contributed by atoms with E-state index in [1.165, 1.54) is 0 Å². The third kappa shape index (κ3) is 1.85. The molecule has 1 N–H and O–H groups in total. The van der Waals surface area contributed by atoms with Crippen LogP contribution in [0.1, 0.15) is 10.4 Å². The van der Waals surface area contributed by atoms with Crippen LogP contribution in [0.3, 0.4) is 0 Å². The maximum atomic E-state index is 12.3. The first-order valence-electron chi connectivity index (χ1n) is 3.23. The van der Waals surface area contributed by atoms with Gasteiger partial charge in [0.1, 0.15) is 5.82 Å². The molecular weight excluding hydrogens is 166 g/mol. The van der Waals surface area contributed by atoms with Gasteiger partial charge in [0.15, 0.2) is 0 Å². The Balaban J connectivity index is 2.90. The van der Waals surface area contributed by atoms with E-state index in [1.54, 1.807) is 0 Å². The summed E-state index contributed by atoms with van der Waals surface area (Å²) in [5.74, 6) is -1.57. The van der Waals surface area contributed by atoms with E-state index in [0.29, 0.717) is 0 Å². The molecule has 4 heteroatoms. The second-order valence-electron chi connectivity index (χ2n) is 2.21. The van der Waals surface area contributed by atoms with Crippen LogP contribution in [0.5, 0.6) is 0 Å². The van der Waals surface area contributed by atoms with Crippen molar-refractivity contribution in [1.29, 1.82) is 0 Å². The van der Waals surface area contributed by atoms with Gasteiger partial charge in [-0.1, -0.05) is 0 Å². The number of Topliss-reactive ketones (excluding diaryl/α,β-unsaturated/α-hetero) is 1. The lowest BCUT2D eigenvalue weighted by Gasteiger charge is -1.99. The first-order valence-corrected chi connectivity index (χ1v) is 3.23. The predicted molar refractivity (Wildman–Crippen MR) is 37.8 cm³/mol. The van der Waals surface area contributed by atoms with Crippen molar-refractivity contribution in [2.45, 2.75) is 6.36 Å². The molecule has 0 amide bonds. The van der Waals surface area contributed by atoms with Crippen LogP contribution in [-0.4, -0.2) is 17.2 Å². The van der Waals surface area contributed by atoms with Crippen molar-refractivity contribution in [2.24, 2.45) is 0 Å². The summed E-state index contributed by atoms with van der Waals surface area (Å²) in [4.78, 5) is 10.7. The Morgan fingerprint density at radius 1 is 1.33 bits per heavy atom. The summed E-state index contributed by atoms with van der Waals surface area (Å²) in [5.41, 5.74) is -0.0496. The topological polar surface area (TPSA) is 37.3 Å². The van der Waals surface area contributed by atoms with Crippen LogP contribution in [-0.2, 0) is 0 Å². The zero-order chi connectivity index (χ0) is 9.14. The Bertz CT molecular complexity index is 280. The highest BCUT2D eigenvalue weighted by Crippen LogP contribution is 2.06. The van der Waals surface area contributed by atoms with Crippen molar-refractivity contribution in [3.63, 3.8) is 0 Å². The average molecular weight is 172 g/mol. The lowest BCUT2D eigenvalue weighted by Crippen LogP contribution is -2.14. The number of ketones is 1. The number of benzene rings is 1. The first kappa shape index (κ1) is 8.80. The SMILES string of the molecule is O=C(c1ccc(F)cc1)C(O)F. The van der Waals surface area contributed by atoms with Gasteiger partial charge in [-0.25, -0.2) is 8.78 Å². The van der Waals surface area contributed by atoms with E-state index < -0.39 is 18.0 Å². The zero-order valence-electron chi connectivity index (χ0n) is 6.00. The molecule has 0 spiro atoms. The Hall–Kier alpha value is -1.29. The highest BCUT2D eigenvalue weighted by molar-refractivity contribution is 5.98. The van der Waals surface area contributed by atoms with Crippen molar-refractivity contribution < 1.29 is 18.7 Å². The number of hydrogen-bond acceptors (Lipinski definition) is 2. The van der Waals surface area contributed by atoms with Crippen LogP contribution in [0.2, 0.25) is 0 Å². The molecule has 12 heavy (non-hydrogen) atoms. The van der Waals surface area contributed by atoms with Crippen LogP contribution in [0, 0.1) is 5.82 Å². The molecule has 0 saturated heterocycles. The second-order valence-corrected chi connectivity index (χ2v) is 2.21. The van der Waals surface area contributed by atoms with Gasteiger partial charge < -0.3 is 5.11 Å². The van der Waals surface area contributed by atoms with E-state index in [1.807, 2.05) is 0 Å². The van der Waals surface area contributed by atoms with Gasteiger partial charge >= 0.3 is 0 Å². The molecule has 0 aliphatic heterocycles. The maximum Gasteiger partial charge on any atom is 0.260 e. The molecule has 0 fully saturated rings. The zero-order valence-corrected chi connectivity index (χ0v) is 6.00. The highest BCUT2D eigenvalue weighted by atomic mass is 19.1. The molecule has 1 unspecified atom stereocenters. The van der Waals surface area contributed by atoms with Gasteiger partial charge in [-0.15, -0.1) is 0 Å². The van der Waals surface area contributed by atoms with Gasteiger partial charge in [-0.2, -0.15) is 0 Å². The van der Waals surface area contributed by atoms with Crippen molar-refractivity contribution in [1.82, 2.24) is 0 Å². The molecule has 1 rings (SSSR count). The van der Waals surface area contributed by atoms with Crippen molar-refractivity contribution in [2.75, 3.05) is 0 Å². The minimum absolute atomic E-state index is 0.0496. The van der Waals surface area contributed by atoms with E-state index in [9.17, 15) is 13.6 Å². The molecule has 1 atom stereocenters. The number of carbonyl (C=O) groups is 1. The minimum atomic E-state index is -2.53. The minimum Gasteiger partial charge on any atom is -0.358 e. The van der Waals surface area contributed by atoms with Gasteiger partial charge in [0, 0.05) is 5.56 Å². The van der Waals surface area contributed by atoms with Gasteiger partial charge in [0.2, 0.25) is 5.78 Å². The summed E-state index contributed by atoms with van der Waals surface area (Å²) < 4.78 is 24.3. The van der Waals surface area contributed by atoms with Crippen LogP contribution in [0.25, 0.3) is 0 Å². The molecule has 0 heterocycles. The van der Waals surface area contributed by atoms with Crippen molar-refractivity contribution in [3.8, 4) is 0 Å². The lowest BCUT2D eigenvalue weighted by molar-refractivity contribution is 0.0332. The number of halogens is 2. The largest absolute Gasteiger partial charge is 0.358 e. The fourth-order valence-corrected chi connectivity index (χ4v) is 0.752. The summed E-state index contributed by atoms with van der Waals surface area (Å²) in [7, 11) is 0. The summed E-state index contributed by atoms with van der Waals surface area (Å²) in [6.45, 7) is 0. The first-order chi connectivity index (χ1) is 5.61. The molecule has 0 aliphatic carbocycles. The van der Waals surface area contributed by atoms with E-state index in [0.717, 1.165) is 24.3 Å². The monoisotopic (exact) mass is 172 g/mol. The van der Waals surface area contributed by atoms with Crippen LogP contribution >= 0.6 is 0 Å². The Morgan fingerprint density at radius 2 is 1.83 bits per heavy atom. The molecule has 1 aromatic carbocycles. The second kappa shape index (κ2) is 3.40. The van der Waals surface area contributed by atoms with Crippen LogP contribution < -0.4 is 0 Å². The molecule has 0 bridgehead atoms. The van der Waals surface area contributed by atoms with Gasteiger partial charge in [0.25, 0.3) is 6.36 Å². The van der Waals surface area contributed by atoms with E-state index in [4.69, 9.17) is 5.11 Å². The standard InChI is InChI=1S/C8H6F2O2/c9-6-3-1-5(2-4-6)7(11)8(10)12/h1-4,8,12H. The van der Waals surface area contributed by atoms with Crippen LogP contribution in [0.15, 0.2) is 24.3 Å². The molecule has 0 saturated carbocycles. The van der Waals surface area contributed by atoms with Gasteiger partial charge in [-0.05, 0) is 24.3 Å². The molecular formula is C8H6F2O2.